The third kappa shape index (κ3) is 3.47. The highest BCUT2D eigenvalue weighted by molar-refractivity contribution is 5.98. The van der Waals surface area contributed by atoms with E-state index >= 15 is 0 Å². The number of ether oxygens (including phenoxy) is 1. The molecule has 0 unspecified atom stereocenters. The maximum Gasteiger partial charge on any atom is 0.343 e. The average molecular weight is 493 g/mol. The fourth-order valence-electron chi connectivity index (χ4n) is 5.19. The van der Waals surface area contributed by atoms with Crippen LogP contribution in [0.4, 0.5) is 11.4 Å². The molecule has 0 spiro atoms. The first kappa shape index (κ1) is 23.9. The van der Waals surface area contributed by atoms with E-state index in [1.165, 1.54) is 6.07 Å². The van der Waals surface area contributed by atoms with Crippen molar-refractivity contribution in [3.8, 4) is 11.4 Å². The van der Waals surface area contributed by atoms with Crippen molar-refractivity contribution in [1.82, 2.24) is 9.55 Å². The van der Waals surface area contributed by atoms with Crippen LogP contribution in [0.2, 0.25) is 0 Å². The summed E-state index contributed by atoms with van der Waals surface area (Å²) >= 11 is 0. The topological polar surface area (TPSA) is 137 Å². The van der Waals surface area contributed by atoms with Gasteiger partial charge in [0.2, 0.25) is 0 Å². The van der Waals surface area contributed by atoms with Crippen LogP contribution in [0.25, 0.3) is 22.3 Å². The lowest BCUT2D eigenvalue weighted by atomic mass is 9.86. The van der Waals surface area contributed by atoms with Gasteiger partial charge in [0.05, 0.1) is 39.6 Å². The number of aryl methyl sites for hydroxylation is 1. The van der Waals surface area contributed by atoms with Gasteiger partial charge in [-0.1, -0.05) is 26.7 Å². The number of nitro groups is 1. The molecule has 1 atom stereocenters. The molecule has 0 saturated heterocycles. The smallest absolute Gasteiger partial charge is 0.343 e. The van der Waals surface area contributed by atoms with E-state index < -0.39 is 16.5 Å². The lowest BCUT2D eigenvalue weighted by Crippen LogP contribution is -2.44. The van der Waals surface area contributed by atoms with Crippen LogP contribution in [-0.4, -0.2) is 32.1 Å². The second kappa shape index (κ2) is 8.70. The number of benzene rings is 1. The third-order valence-corrected chi connectivity index (χ3v) is 7.33. The largest absolute Gasteiger partial charge is 0.458 e. The van der Waals surface area contributed by atoms with Gasteiger partial charge < -0.3 is 19.7 Å². The van der Waals surface area contributed by atoms with E-state index in [2.05, 4.69) is 12.2 Å². The van der Waals surface area contributed by atoms with Crippen LogP contribution >= 0.6 is 0 Å². The minimum atomic E-state index is -1.90. The van der Waals surface area contributed by atoms with Crippen LogP contribution in [0.5, 0.6) is 0 Å². The number of aromatic nitrogens is 2. The first-order valence-electron chi connectivity index (χ1n) is 12.2. The molecule has 0 saturated carbocycles. The third-order valence-electron chi connectivity index (χ3n) is 7.33. The van der Waals surface area contributed by atoms with Crippen LogP contribution in [0.3, 0.4) is 0 Å². The molecule has 3 aromatic rings. The molecule has 0 radical (unpaired) electrons. The van der Waals surface area contributed by atoms with E-state index in [0.29, 0.717) is 40.1 Å². The first-order valence-corrected chi connectivity index (χ1v) is 12.2. The highest BCUT2D eigenvalue weighted by Crippen LogP contribution is 2.41. The zero-order valence-electron chi connectivity index (χ0n) is 20.5. The van der Waals surface area contributed by atoms with Crippen molar-refractivity contribution in [3.05, 3.63) is 60.9 Å². The number of nitrogens with zero attached hydrogens (tertiary/aromatic N) is 3. The number of nitrogens with one attached hydrogen (secondary N) is 1. The van der Waals surface area contributed by atoms with Crippen LogP contribution in [0.15, 0.2) is 23.0 Å². The predicted octanol–water partition coefficient (Wildman–Crippen LogP) is 3.90. The summed E-state index contributed by atoms with van der Waals surface area (Å²) < 4.78 is 6.68. The van der Waals surface area contributed by atoms with Crippen molar-refractivity contribution in [2.75, 3.05) is 11.9 Å². The number of nitro benzene ring substituents is 1. The molecule has 188 valence electrons. The zero-order chi connectivity index (χ0) is 25.8. The summed E-state index contributed by atoms with van der Waals surface area (Å²) in [5.74, 6) is -0.770. The molecule has 5 rings (SSSR count). The maximum atomic E-state index is 13.4. The second-order valence-electron chi connectivity index (χ2n) is 9.45. The van der Waals surface area contributed by atoms with Gasteiger partial charge in [0.25, 0.3) is 11.2 Å². The maximum absolute atomic E-state index is 13.4. The molecule has 36 heavy (non-hydrogen) atoms. The summed E-state index contributed by atoms with van der Waals surface area (Å²) in [6, 6.07) is 5.04. The number of cyclic esters (lactones) is 1. The Balaban J connectivity index is 1.72. The number of hydrogen-bond donors (Lipinski definition) is 2. The van der Waals surface area contributed by atoms with Crippen molar-refractivity contribution in [1.29, 1.82) is 0 Å². The van der Waals surface area contributed by atoms with Gasteiger partial charge in [-0.15, -0.1) is 0 Å². The Hall–Kier alpha value is -3.79. The van der Waals surface area contributed by atoms with Gasteiger partial charge in [0, 0.05) is 34.7 Å². The number of esters is 1. The van der Waals surface area contributed by atoms with Crippen LogP contribution < -0.4 is 10.9 Å². The fraction of sp³-hybridized carbons (Fsp3) is 0.423. The molecule has 2 aliphatic rings. The van der Waals surface area contributed by atoms with E-state index in [4.69, 9.17) is 9.72 Å². The summed E-state index contributed by atoms with van der Waals surface area (Å²) in [5.41, 5.74) is 1.74. The number of rotatable bonds is 7. The Morgan fingerprint density at radius 1 is 1.25 bits per heavy atom. The molecule has 0 fully saturated rings. The van der Waals surface area contributed by atoms with Crippen LogP contribution in [0.1, 0.15) is 61.8 Å². The number of unbranched alkanes of at least 4 members (excludes halogenated alkanes) is 2. The molecule has 0 amide bonds. The van der Waals surface area contributed by atoms with Crippen molar-refractivity contribution >= 4 is 28.2 Å². The molecule has 10 nitrogen and oxygen atoms in total. The molecule has 2 aromatic heterocycles. The molecule has 10 heteroatoms. The number of anilines is 1. The highest BCUT2D eigenvalue weighted by atomic mass is 16.6. The molecule has 2 N–H and O–H groups in total. The summed E-state index contributed by atoms with van der Waals surface area (Å²) in [5, 5.41) is 26.8. The fourth-order valence-corrected chi connectivity index (χ4v) is 5.19. The number of carbonyl (C=O) groups is 1. The van der Waals surface area contributed by atoms with Crippen LogP contribution in [-0.2, 0) is 28.3 Å². The van der Waals surface area contributed by atoms with Crippen molar-refractivity contribution in [3.63, 3.8) is 0 Å². The summed E-state index contributed by atoms with van der Waals surface area (Å²) in [4.78, 5) is 42.1. The molecular formula is C26H28N4O6. The number of carbonyl (C=O) groups excluding carboxylic acids is 1. The Morgan fingerprint density at radius 2 is 2.03 bits per heavy atom. The van der Waals surface area contributed by atoms with Gasteiger partial charge in [0.15, 0.2) is 5.60 Å². The lowest BCUT2D eigenvalue weighted by Gasteiger charge is -2.31. The van der Waals surface area contributed by atoms with Gasteiger partial charge in [-0.3, -0.25) is 14.9 Å². The molecule has 0 aliphatic carbocycles. The molecule has 4 heterocycles. The first-order chi connectivity index (χ1) is 17.2. The molecular weight excluding hydrogens is 464 g/mol. The lowest BCUT2D eigenvalue weighted by molar-refractivity contribution is -0.385. The van der Waals surface area contributed by atoms with E-state index in [0.717, 1.165) is 24.8 Å². The summed E-state index contributed by atoms with van der Waals surface area (Å²) in [7, 11) is 0. The minimum absolute atomic E-state index is 0.00838. The predicted molar refractivity (Wildman–Crippen MR) is 134 cm³/mol. The van der Waals surface area contributed by atoms with Crippen LogP contribution in [0, 0.1) is 17.0 Å². The normalized spacial score (nSPS) is 17.9. The molecule has 1 aromatic carbocycles. The van der Waals surface area contributed by atoms with Gasteiger partial charge in [0.1, 0.15) is 6.61 Å². The number of pyridine rings is 2. The van der Waals surface area contributed by atoms with Gasteiger partial charge in [-0.2, -0.15) is 0 Å². The van der Waals surface area contributed by atoms with Crippen molar-refractivity contribution < 1.29 is 19.6 Å². The highest BCUT2D eigenvalue weighted by Gasteiger charge is 2.45. The second-order valence-corrected chi connectivity index (χ2v) is 9.45. The van der Waals surface area contributed by atoms with Crippen molar-refractivity contribution in [2.24, 2.45) is 0 Å². The van der Waals surface area contributed by atoms with E-state index in [-0.39, 0.29) is 41.9 Å². The zero-order valence-corrected chi connectivity index (χ0v) is 20.5. The Bertz CT molecular complexity index is 1490. The number of hydrogen-bond acceptors (Lipinski definition) is 8. The molecule has 2 aliphatic heterocycles. The van der Waals surface area contributed by atoms with E-state index in [1.54, 1.807) is 24.5 Å². The van der Waals surface area contributed by atoms with E-state index in [9.17, 15) is 24.8 Å². The average Bonchev–Trinajstić information content (AvgIpc) is 3.22. The summed E-state index contributed by atoms with van der Waals surface area (Å²) in [6.07, 6.45) is 3.07. The number of fused-ring (bicyclic) bond motifs is 5. The Morgan fingerprint density at radius 3 is 2.72 bits per heavy atom. The van der Waals surface area contributed by atoms with Gasteiger partial charge in [-0.05, 0) is 31.9 Å². The monoisotopic (exact) mass is 492 g/mol. The SMILES string of the molecule is CCCCCNc1cc([N+](=O)[O-])c(C)c2cc3c(nc12)-c1cc2c(c(=O)n1C3)COC(=O)[C@]2(O)CC. The van der Waals surface area contributed by atoms with E-state index in [1.807, 2.05) is 6.07 Å². The quantitative estimate of drug-likeness (QED) is 0.172. The standard InChI is InChI=1S/C26H28N4O6/c1-4-6-7-8-27-19-11-20(30(34)35)14(3)16-9-15-12-29-21(22(15)28-23(16)19)10-18-17(24(29)31)13-36-25(32)26(18,33)5-2/h9-11,27,33H,4-8,12-13H2,1-3H3/t26-/m0/s1. The van der Waals surface area contributed by atoms with Gasteiger partial charge >= 0.3 is 5.97 Å². The summed E-state index contributed by atoms with van der Waals surface area (Å²) in [6.45, 7) is 6.16. The van der Waals surface area contributed by atoms with Gasteiger partial charge in [-0.25, -0.2) is 9.78 Å². The van der Waals surface area contributed by atoms with Crippen molar-refractivity contribution in [2.45, 2.75) is 65.2 Å². The molecule has 0 bridgehead atoms. The number of aliphatic hydroxyl groups is 1. The minimum Gasteiger partial charge on any atom is -0.458 e. The Labute approximate surface area is 207 Å². The Kier molecular flexibility index (Phi) is 5.78.